The number of ether oxygens (including phenoxy) is 1. The zero-order valence-corrected chi connectivity index (χ0v) is 17.2. The number of amides is 2. The summed E-state index contributed by atoms with van der Waals surface area (Å²) in [4.78, 5) is 26.3. The lowest BCUT2D eigenvalue weighted by atomic mass is 10.1. The molecule has 0 saturated carbocycles. The number of carbonyl (C=O) groups is 2. The zero-order chi connectivity index (χ0) is 20.4. The van der Waals surface area contributed by atoms with Crippen LogP contribution in [0.1, 0.15) is 30.8 Å². The molecule has 2 aromatic rings. The molecule has 6 nitrogen and oxygen atoms in total. The molecule has 0 atom stereocenters. The van der Waals surface area contributed by atoms with E-state index in [0.717, 1.165) is 28.4 Å². The largest absolute Gasteiger partial charge is 0.494 e. The highest BCUT2D eigenvalue weighted by Gasteiger charge is 2.32. The number of likely N-dealkylation sites (N-methyl/N-ethyl adjacent to an activating group) is 1. The second-order valence-electron chi connectivity index (χ2n) is 6.46. The fourth-order valence-electron chi connectivity index (χ4n) is 3.33. The number of nitrogens with one attached hydrogen (secondary N) is 1. The van der Waals surface area contributed by atoms with Gasteiger partial charge >= 0.3 is 0 Å². The maximum atomic E-state index is 12.6. The van der Waals surface area contributed by atoms with E-state index in [2.05, 4.69) is 9.88 Å². The molecule has 1 fully saturated rings. The van der Waals surface area contributed by atoms with Gasteiger partial charge in [0.1, 0.15) is 11.3 Å². The molecule has 0 radical (unpaired) electrons. The van der Waals surface area contributed by atoms with E-state index in [4.69, 9.17) is 17.0 Å². The normalized spacial score (nSPS) is 15.9. The van der Waals surface area contributed by atoms with Gasteiger partial charge < -0.3 is 9.30 Å². The lowest BCUT2D eigenvalue weighted by Gasteiger charge is -2.27. The summed E-state index contributed by atoms with van der Waals surface area (Å²) in [5, 5.41) is 2.73. The second kappa shape index (κ2) is 7.98. The highest BCUT2D eigenvalue weighted by atomic mass is 32.1. The molecule has 3 rings (SSSR count). The lowest BCUT2D eigenvalue weighted by molar-refractivity contribution is -0.128. The molecule has 1 aromatic heterocycles. The van der Waals surface area contributed by atoms with Crippen molar-refractivity contribution in [2.24, 2.45) is 0 Å². The van der Waals surface area contributed by atoms with Crippen LogP contribution in [0.15, 0.2) is 35.9 Å². The van der Waals surface area contributed by atoms with Crippen molar-refractivity contribution in [3.8, 4) is 11.4 Å². The summed E-state index contributed by atoms with van der Waals surface area (Å²) in [7, 11) is 0. The van der Waals surface area contributed by atoms with Crippen molar-refractivity contribution in [1.29, 1.82) is 0 Å². The van der Waals surface area contributed by atoms with E-state index in [-0.39, 0.29) is 16.6 Å². The Labute approximate surface area is 169 Å². The molecule has 1 aromatic carbocycles. The molecule has 7 heteroatoms. The van der Waals surface area contributed by atoms with E-state index in [9.17, 15) is 9.59 Å². The Bertz CT molecular complexity index is 974. The van der Waals surface area contributed by atoms with E-state index in [1.165, 1.54) is 4.90 Å². The highest BCUT2D eigenvalue weighted by molar-refractivity contribution is 7.80. The van der Waals surface area contributed by atoms with Crippen molar-refractivity contribution >= 4 is 35.2 Å². The molecule has 0 spiro atoms. The number of aromatic nitrogens is 1. The maximum absolute atomic E-state index is 12.6. The van der Waals surface area contributed by atoms with Crippen molar-refractivity contribution in [2.75, 3.05) is 13.2 Å². The number of aryl methyl sites for hydroxylation is 1. The number of rotatable bonds is 5. The first-order chi connectivity index (χ1) is 13.4. The van der Waals surface area contributed by atoms with E-state index in [1.54, 1.807) is 6.08 Å². The van der Waals surface area contributed by atoms with Crippen LogP contribution in [0.3, 0.4) is 0 Å². The Morgan fingerprint density at radius 3 is 2.43 bits per heavy atom. The standard InChI is InChI=1S/C21H23N3O3S/c1-5-23-20(26)18(19(25)22-21(23)28)12-15-11-13(3)24(14(15)4)16-7-9-17(10-8-16)27-6-2/h7-12H,5-6H2,1-4H3,(H,22,25,28)/b18-12-. The molecule has 0 unspecified atom stereocenters. The van der Waals surface area contributed by atoms with Crippen LogP contribution in [0.5, 0.6) is 5.75 Å². The van der Waals surface area contributed by atoms with Gasteiger partial charge in [0.25, 0.3) is 11.8 Å². The fraction of sp³-hybridized carbons (Fsp3) is 0.286. The molecule has 1 saturated heterocycles. The van der Waals surface area contributed by atoms with E-state index in [0.29, 0.717) is 13.2 Å². The molecule has 0 aliphatic carbocycles. The van der Waals surface area contributed by atoms with Crippen LogP contribution < -0.4 is 10.1 Å². The molecule has 2 heterocycles. The predicted molar refractivity (Wildman–Crippen MR) is 113 cm³/mol. The lowest BCUT2D eigenvalue weighted by Crippen LogP contribution is -2.53. The maximum Gasteiger partial charge on any atom is 0.265 e. The Morgan fingerprint density at radius 2 is 1.82 bits per heavy atom. The SMILES string of the molecule is CCOc1ccc(-n2c(C)cc(/C=C3/C(=O)NC(=S)N(CC)C3=O)c2C)cc1. The van der Waals surface area contributed by atoms with Crippen LogP contribution in [0.25, 0.3) is 11.8 Å². The topological polar surface area (TPSA) is 63.6 Å². The van der Waals surface area contributed by atoms with Crippen molar-refractivity contribution in [3.05, 3.63) is 52.9 Å². The van der Waals surface area contributed by atoms with Crippen molar-refractivity contribution in [2.45, 2.75) is 27.7 Å². The molecular formula is C21H23N3O3S. The number of benzene rings is 1. The Hall–Kier alpha value is -2.93. The van der Waals surface area contributed by atoms with Crippen molar-refractivity contribution < 1.29 is 14.3 Å². The van der Waals surface area contributed by atoms with Crippen molar-refractivity contribution in [1.82, 2.24) is 14.8 Å². The summed E-state index contributed by atoms with van der Waals surface area (Å²) >= 11 is 5.07. The van der Waals surface area contributed by atoms with E-state index >= 15 is 0 Å². The van der Waals surface area contributed by atoms with Gasteiger partial charge in [0.15, 0.2) is 5.11 Å². The van der Waals surface area contributed by atoms with Gasteiger partial charge in [0.05, 0.1) is 6.61 Å². The molecular weight excluding hydrogens is 374 g/mol. The van der Waals surface area contributed by atoms with Crippen LogP contribution >= 0.6 is 12.2 Å². The van der Waals surface area contributed by atoms with Gasteiger partial charge in [-0.05, 0) is 81.9 Å². The van der Waals surface area contributed by atoms with Gasteiger partial charge in [-0.1, -0.05) is 0 Å². The zero-order valence-electron chi connectivity index (χ0n) is 16.4. The fourth-order valence-corrected chi connectivity index (χ4v) is 3.63. The number of carbonyl (C=O) groups excluding carboxylic acids is 2. The summed E-state index contributed by atoms with van der Waals surface area (Å²) in [6.45, 7) is 8.73. The number of thiocarbonyl (C=S) groups is 1. The molecule has 1 N–H and O–H groups in total. The molecule has 1 aliphatic heterocycles. The molecule has 2 amide bonds. The van der Waals surface area contributed by atoms with Crippen LogP contribution in [0, 0.1) is 13.8 Å². The minimum absolute atomic E-state index is 0.0855. The third kappa shape index (κ3) is 3.57. The molecule has 146 valence electrons. The third-order valence-corrected chi connectivity index (χ3v) is 5.00. The summed E-state index contributed by atoms with van der Waals surface area (Å²) < 4.78 is 7.58. The first-order valence-corrected chi connectivity index (χ1v) is 9.59. The van der Waals surface area contributed by atoms with E-state index in [1.807, 2.05) is 58.0 Å². The minimum Gasteiger partial charge on any atom is -0.494 e. The molecule has 0 bridgehead atoms. The Kier molecular flexibility index (Phi) is 5.65. The first kappa shape index (κ1) is 19.8. The quantitative estimate of drug-likeness (QED) is 0.478. The van der Waals surface area contributed by atoms with Crippen molar-refractivity contribution in [3.63, 3.8) is 0 Å². The number of hydrogen-bond acceptors (Lipinski definition) is 4. The average molecular weight is 398 g/mol. The Balaban J connectivity index is 1.99. The average Bonchev–Trinajstić information content (AvgIpc) is 2.93. The van der Waals surface area contributed by atoms with Crippen LogP contribution in [-0.2, 0) is 9.59 Å². The molecule has 1 aliphatic rings. The van der Waals surface area contributed by atoms with Gasteiger partial charge in [-0.2, -0.15) is 0 Å². The summed E-state index contributed by atoms with van der Waals surface area (Å²) in [5.41, 5.74) is 3.82. The van der Waals surface area contributed by atoms with Gasteiger partial charge in [-0.3, -0.25) is 19.8 Å². The highest BCUT2D eigenvalue weighted by Crippen LogP contribution is 2.25. The van der Waals surface area contributed by atoms with E-state index < -0.39 is 5.91 Å². The third-order valence-electron chi connectivity index (χ3n) is 4.68. The monoisotopic (exact) mass is 397 g/mol. The summed E-state index contributed by atoms with van der Waals surface area (Å²) in [6, 6.07) is 9.78. The van der Waals surface area contributed by atoms with Gasteiger partial charge in [0.2, 0.25) is 0 Å². The van der Waals surface area contributed by atoms with Crippen LogP contribution in [-0.4, -0.2) is 39.5 Å². The van der Waals surface area contributed by atoms with Gasteiger partial charge in [-0.25, -0.2) is 0 Å². The second-order valence-corrected chi connectivity index (χ2v) is 6.84. The van der Waals surface area contributed by atoms with Gasteiger partial charge in [-0.15, -0.1) is 0 Å². The summed E-state index contributed by atoms with van der Waals surface area (Å²) in [5.74, 6) is -0.0242. The predicted octanol–water partition coefficient (Wildman–Crippen LogP) is 3.14. The van der Waals surface area contributed by atoms with Crippen LogP contribution in [0.2, 0.25) is 0 Å². The van der Waals surface area contributed by atoms with Gasteiger partial charge in [0, 0.05) is 23.6 Å². The molecule has 28 heavy (non-hydrogen) atoms. The van der Waals surface area contributed by atoms with Crippen LogP contribution in [0.4, 0.5) is 0 Å². The number of hydrogen-bond donors (Lipinski definition) is 1. The first-order valence-electron chi connectivity index (χ1n) is 9.18. The minimum atomic E-state index is -0.467. The summed E-state index contributed by atoms with van der Waals surface area (Å²) in [6.07, 6.45) is 1.63. The number of nitrogens with zero attached hydrogens (tertiary/aromatic N) is 2. The smallest absolute Gasteiger partial charge is 0.265 e. The Morgan fingerprint density at radius 1 is 1.14 bits per heavy atom.